The average molecular weight is 423 g/mol. The number of carbonyl (C=O) groups is 3. The molecule has 10 heteroatoms. The summed E-state index contributed by atoms with van der Waals surface area (Å²) in [5.41, 5.74) is 2.23. The number of hydrogen-bond acceptors (Lipinski definition) is 9. The zero-order valence-electron chi connectivity index (χ0n) is 16.0. The van der Waals surface area contributed by atoms with Crippen LogP contribution in [0.2, 0.25) is 0 Å². The Labute approximate surface area is 174 Å². The van der Waals surface area contributed by atoms with Crippen LogP contribution in [0.25, 0.3) is 10.9 Å². The van der Waals surface area contributed by atoms with Crippen molar-refractivity contribution >= 4 is 28.4 Å². The number of Topliss-reactive ketones (excluding diaryl/α,β-unsaturated/α-hetero) is 2. The molecule has 3 aliphatic carbocycles. The van der Waals surface area contributed by atoms with Gasteiger partial charge in [0.15, 0.2) is 17.1 Å². The minimum atomic E-state index is -2.57. The Morgan fingerprint density at radius 1 is 1.19 bits per heavy atom. The van der Waals surface area contributed by atoms with Gasteiger partial charge in [-0.15, -0.1) is 0 Å². The van der Waals surface area contributed by atoms with Crippen molar-refractivity contribution in [1.82, 2.24) is 9.97 Å². The van der Waals surface area contributed by atoms with Crippen molar-refractivity contribution < 1.29 is 34.8 Å². The summed E-state index contributed by atoms with van der Waals surface area (Å²) in [6, 6.07) is 1.69. The number of phenolic OH excluding ortho intramolecular Hbond substituents is 1. The fourth-order valence-electron chi connectivity index (χ4n) is 5.13. The normalized spacial score (nSPS) is 27.8. The van der Waals surface area contributed by atoms with Gasteiger partial charge in [0, 0.05) is 29.5 Å². The Hall–Kier alpha value is -3.79. The Kier molecular flexibility index (Phi) is 3.78. The number of benzene rings is 1. The third-order valence-electron chi connectivity index (χ3n) is 6.52. The minimum absolute atomic E-state index is 0.0668. The summed E-state index contributed by atoms with van der Waals surface area (Å²) in [7, 11) is 0. The Balaban J connectivity index is 1.72. The zero-order chi connectivity index (χ0) is 22.2. The molecule has 10 nitrogen and oxygen atoms in total. The number of aromatic nitrogens is 2. The second-order valence-electron chi connectivity index (χ2n) is 8.13. The number of carbonyl (C=O) groups excluding carboxylic acids is 3. The molecular weight excluding hydrogens is 406 g/mol. The van der Waals surface area contributed by atoms with E-state index in [2.05, 4.69) is 9.97 Å². The monoisotopic (exact) mass is 423 g/mol. The molecule has 2 aromatic rings. The SMILES string of the molecule is NC(=O)C1=C(O)C[C@@H]2CC3Cc4cc5cncnc5c(O)c4C(=O)C3=C(O)[C@]2(O)C1=O. The van der Waals surface area contributed by atoms with Crippen LogP contribution in [0.15, 0.2) is 41.3 Å². The molecule has 1 aromatic carbocycles. The predicted molar refractivity (Wildman–Crippen MR) is 104 cm³/mol. The van der Waals surface area contributed by atoms with E-state index in [1.54, 1.807) is 6.07 Å². The predicted octanol–water partition coefficient (Wildman–Crippen LogP) is 0.524. The lowest BCUT2D eigenvalue weighted by molar-refractivity contribution is -0.144. The molecule has 0 bridgehead atoms. The molecule has 3 aliphatic rings. The van der Waals surface area contributed by atoms with E-state index in [0.29, 0.717) is 10.9 Å². The van der Waals surface area contributed by atoms with Crippen molar-refractivity contribution in [3.05, 3.63) is 52.4 Å². The lowest BCUT2D eigenvalue weighted by Crippen LogP contribution is -2.57. The third-order valence-corrected chi connectivity index (χ3v) is 6.52. The number of fused-ring (bicyclic) bond motifs is 4. The summed E-state index contributed by atoms with van der Waals surface area (Å²) in [4.78, 5) is 45.8. The molecule has 0 aliphatic heterocycles. The number of aliphatic hydroxyl groups excluding tert-OH is 2. The highest BCUT2D eigenvalue weighted by molar-refractivity contribution is 6.24. The summed E-state index contributed by atoms with van der Waals surface area (Å²) in [5, 5.41) is 43.5. The molecule has 0 saturated carbocycles. The number of hydrogen-bond donors (Lipinski definition) is 5. The molecular formula is C21H17N3O7. The van der Waals surface area contributed by atoms with Gasteiger partial charge >= 0.3 is 0 Å². The number of phenols is 1. The number of nitrogens with zero attached hydrogens (tertiary/aromatic N) is 2. The highest BCUT2D eigenvalue weighted by Gasteiger charge is 2.59. The van der Waals surface area contributed by atoms with Crippen LogP contribution in [0.5, 0.6) is 5.75 Å². The van der Waals surface area contributed by atoms with E-state index >= 15 is 0 Å². The van der Waals surface area contributed by atoms with Crippen molar-refractivity contribution in [1.29, 1.82) is 0 Å². The summed E-state index contributed by atoms with van der Waals surface area (Å²) in [5.74, 6) is -6.54. The van der Waals surface area contributed by atoms with Gasteiger partial charge in [-0.3, -0.25) is 14.4 Å². The number of aliphatic hydroxyl groups is 3. The lowest BCUT2D eigenvalue weighted by Gasteiger charge is -2.45. The number of primary amides is 1. The van der Waals surface area contributed by atoms with Crippen LogP contribution < -0.4 is 5.73 Å². The molecule has 0 fully saturated rings. The molecule has 31 heavy (non-hydrogen) atoms. The second-order valence-corrected chi connectivity index (χ2v) is 8.13. The number of allylic oxidation sites excluding steroid dienone is 2. The maximum absolute atomic E-state index is 13.3. The number of rotatable bonds is 1. The van der Waals surface area contributed by atoms with Crippen molar-refractivity contribution in [2.24, 2.45) is 17.6 Å². The molecule has 6 N–H and O–H groups in total. The molecule has 1 aromatic heterocycles. The molecule has 3 atom stereocenters. The van der Waals surface area contributed by atoms with Gasteiger partial charge in [0.1, 0.15) is 28.9 Å². The first kappa shape index (κ1) is 19.2. The Morgan fingerprint density at radius 3 is 2.65 bits per heavy atom. The summed E-state index contributed by atoms with van der Waals surface area (Å²) >= 11 is 0. The van der Waals surface area contributed by atoms with E-state index < -0.39 is 52.0 Å². The largest absolute Gasteiger partial charge is 0.511 e. The van der Waals surface area contributed by atoms with E-state index in [-0.39, 0.29) is 41.7 Å². The number of amides is 1. The molecule has 158 valence electrons. The number of nitrogens with two attached hydrogens (primary N) is 1. The molecule has 0 radical (unpaired) electrons. The maximum Gasteiger partial charge on any atom is 0.255 e. The highest BCUT2D eigenvalue weighted by atomic mass is 16.3. The van der Waals surface area contributed by atoms with Gasteiger partial charge in [0.05, 0.1) is 5.56 Å². The first-order valence-electron chi connectivity index (χ1n) is 9.58. The maximum atomic E-state index is 13.3. The third kappa shape index (κ3) is 2.33. The molecule has 5 rings (SSSR count). The van der Waals surface area contributed by atoms with Crippen LogP contribution in [0, 0.1) is 11.8 Å². The van der Waals surface area contributed by atoms with Gasteiger partial charge < -0.3 is 26.2 Å². The summed E-state index contributed by atoms with van der Waals surface area (Å²) in [6.07, 6.45) is 2.80. The number of ketones is 2. The van der Waals surface area contributed by atoms with E-state index in [4.69, 9.17) is 5.73 Å². The lowest BCUT2D eigenvalue weighted by atomic mass is 9.60. The average Bonchev–Trinajstić information content (AvgIpc) is 2.70. The van der Waals surface area contributed by atoms with Crippen molar-refractivity contribution in [3.8, 4) is 5.75 Å². The fraction of sp³-hybridized carbons (Fsp3) is 0.286. The first-order valence-corrected chi connectivity index (χ1v) is 9.58. The summed E-state index contributed by atoms with van der Waals surface area (Å²) in [6.45, 7) is 0. The van der Waals surface area contributed by atoms with Gasteiger partial charge in [-0.1, -0.05) is 0 Å². The van der Waals surface area contributed by atoms with Gasteiger partial charge in [0.25, 0.3) is 5.91 Å². The molecule has 0 spiro atoms. The van der Waals surface area contributed by atoms with E-state index in [0.717, 1.165) is 0 Å². The fourth-order valence-corrected chi connectivity index (χ4v) is 5.13. The first-order chi connectivity index (χ1) is 14.7. The van der Waals surface area contributed by atoms with Crippen LogP contribution in [0.1, 0.15) is 28.8 Å². The van der Waals surface area contributed by atoms with Crippen molar-refractivity contribution in [2.75, 3.05) is 0 Å². The molecule has 1 heterocycles. The molecule has 0 saturated heterocycles. The quantitative estimate of drug-likeness (QED) is 0.408. The van der Waals surface area contributed by atoms with E-state index in [1.165, 1.54) is 12.5 Å². The Morgan fingerprint density at radius 2 is 1.94 bits per heavy atom. The Bertz CT molecular complexity index is 1300. The van der Waals surface area contributed by atoms with E-state index in [1.807, 2.05) is 0 Å². The topological polar surface area (TPSA) is 184 Å². The van der Waals surface area contributed by atoms with Gasteiger partial charge in [0.2, 0.25) is 5.78 Å². The van der Waals surface area contributed by atoms with Gasteiger partial charge in [-0.25, -0.2) is 9.97 Å². The number of aromatic hydroxyl groups is 1. The van der Waals surface area contributed by atoms with Crippen LogP contribution in [0.3, 0.4) is 0 Å². The second kappa shape index (κ2) is 6.11. The van der Waals surface area contributed by atoms with Crippen molar-refractivity contribution in [3.63, 3.8) is 0 Å². The smallest absolute Gasteiger partial charge is 0.255 e. The van der Waals surface area contributed by atoms with Gasteiger partial charge in [-0.2, -0.15) is 0 Å². The standard InChI is InChI=1S/C21H17N3O7/c22-20(30)14-11(25)4-10-3-8-1-7-2-9-5-23-6-24-15(9)17(27)12(7)16(26)13(8)18(28)21(10,31)19(14)29/h2,5-6,8,10,25,27-28,31H,1,3-4H2,(H2,22,30)/t8?,10-,21-/m0/s1. The minimum Gasteiger partial charge on any atom is -0.511 e. The highest BCUT2D eigenvalue weighted by Crippen LogP contribution is 2.51. The molecule has 1 amide bonds. The van der Waals surface area contributed by atoms with Crippen LogP contribution in [-0.4, -0.2) is 53.5 Å². The van der Waals surface area contributed by atoms with Crippen LogP contribution in [-0.2, 0) is 16.0 Å². The zero-order valence-corrected chi connectivity index (χ0v) is 16.0. The molecule has 1 unspecified atom stereocenters. The van der Waals surface area contributed by atoms with Crippen LogP contribution in [0.4, 0.5) is 0 Å². The van der Waals surface area contributed by atoms with Crippen LogP contribution >= 0.6 is 0 Å². The summed E-state index contributed by atoms with van der Waals surface area (Å²) < 4.78 is 0. The van der Waals surface area contributed by atoms with Gasteiger partial charge in [-0.05, 0) is 30.4 Å². The van der Waals surface area contributed by atoms with E-state index in [9.17, 15) is 34.8 Å². The van der Waals surface area contributed by atoms with Crippen molar-refractivity contribution in [2.45, 2.75) is 24.9 Å².